The van der Waals surface area contributed by atoms with Crippen LogP contribution in [0.1, 0.15) is 31.1 Å². The van der Waals surface area contributed by atoms with Crippen LogP contribution in [-0.4, -0.2) is 50.5 Å². The summed E-state index contributed by atoms with van der Waals surface area (Å²) in [6.07, 6.45) is 0.978. The number of rotatable bonds is 5. The van der Waals surface area contributed by atoms with Gasteiger partial charge in [0.1, 0.15) is 6.61 Å². The molecule has 7 nitrogen and oxygen atoms in total. The van der Waals surface area contributed by atoms with Gasteiger partial charge >= 0.3 is 5.97 Å². The van der Waals surface area contributed by atoms with Gasteiger partial charge in [-0.1, -0.05) is 23.7 Å². The summed E-state index contributed by atoms with van der Waals surface area (Å²) in [5.41, 5.74) is 0.621. The molecule has 1 heterocycles. The summed E-state index contributed by atoms with van der Waals surface area (Å²) in [5, 5.41) is 0.0000690. The van der Waals surface area contributed by atoms with Crippen molar-refractivity contribution >= 4 is 39.2 Å². The molecule has 2 amide bonds. The first kappa shape index (κ1) is 19.1. The van der Waals surface area contributed by atoms with Crippen molar-refractivity contribution in [3.8, 4) is 0 Å². The molecule has 1 aliphatic heterocycles. The Bertz CT molecular complexity index is 1030. The third-order valence-electron chi connectivity index (χ3n) is 3.99. The molecule has 27 heavy (non-hydrogen) atoms. The highest BCUT2D eigenvalue weighted by Crippen LogP contribution is 2.24. The fourth-order valence-corrected chi connectivity index (χ4v) is 3.97. The molecule has 0 fully saturated rings. The number of imide groups is 1. The van der Waals surface area contributed by atoms with Crippen LogP contribution >= 0.6 is 11.6 Å². The molecule has 0 radical (unpaired) electrons. The van der Waals surface area contributed by atoms with Gasteiger partial charge in [-0.3, -0.25) is 14.5 Å². The number of halogens is 1. The molecule has 0 aliphatic carbocycles. The number of amides is 2. The number of fused-ring (bicyclic) bond motifs is 1. The first-order chi connectivity index (χ1) is 12.7. The lowest BCUT2D eigenvalue weighted by atomic mass is 10.1. The van der Waals surface area contributed by atoms with Crippen molar-refractivity contribution < 1.29 is 27.5 Å². The van der Waals surface area contributed by atoms with Crippen LogP contribution < -0.4 is 0 Å². The van der Waals surface area contributed by atoms with Crippen LogP contribution in [0.2, 0.25) is 5.02 Å². The van der Waals surface area contributed by atoms with E-state index in [9.17, 15) is 22.8 Å². The van der Waals surface area contributed by atoms with Gasteiger partial charge in [0.2, 0.25) is 0 Å². The molecular formula is C18H14ClNO6S. The van der Waals surface area contributed by atoms with Gasteiger partial charge in [-0.25, -0.2) is 13.2 Å². The van der Waals surface area contributed by atoms with Gasteiger partial charge in [-0.15, -0.1) is 0 Å². The quantitative estimate of drug-likeness (QED) is 0.556. The maximum atomic E-state index is 12.2. The lowest BCUT2D eigenvalue weighted by Gasteiger charge is -2.14. The predicted octanol–water partition coefficient (Wildman–Crippen LogP) is 2.20. The first-order valence-electron chi connectivity index (χ1n) is 7.82. The summed E-state index contributed by atoms with van der Waals surface area (Å²) in [6.45, 7) is -0.328. The van der Waals surface area contributed by atoms with Crippen molar-refractivity contribution in [3.63, 3.8) is 0 Å². The summed E-state index contributed by atoms with van der Waals surface area (Å²) in [5.74, 6) is -1.68. The summed E-state index contributed by atoms with van der Waals surface area (Å²) in [7, 11) is -3.61. The summed E-state index contributed by atoms with van der Waals surface area (Å²) in [4.78, 5) is 37.4. The largest absolute Gasteiger partial charge is 0.460 e. The van der Waals surface area contributed by atoms with Crippen molar-refractivity contribution in [2.45, 2.75) is 4.90 Å². The van der Waals surface area contributed by atoms with E-state index in [1.807, 2.05) is 0 Å². The van der Waals surface area contributed by atoms with Gasteiger partial charge in [0.25, 0.3) is 11.8 Å². The lowest BCUT2D eigenvalue weighted by molar-refractivity contribution is 0.0420. The Morgan fingerprint density at radius 1 is 1.07 bits per heavy atom. The van der Waals surface area contributed by atoms with Crippen molar-refractivity contribution in [2.75, 3.05) is 19.4 Å². The molecule has 0 N–H and O–H groups in total. The van der Waals surface area contributed by atoms with E-state index < -0.39 is 27.6 Å². The lowest BCUT2D eigenvalue weighted by Crippen LogP contribution is -2.33. The van der Waals surface area contributed by atoms with E-state index in [1.165, 1.54) is 12.1 Å². The number of hydrogen-bond donors (Lipinski definition) is 0. The Balaban J connectivity index is 1.66. The summed E-state index contributed by atoms with van der Waals surface area (Å²) in [6, 6.07) is 10.2. The van der Waals surface area contributed by atoms with Crippen LogP contribution in [0.5, 0.6) is 0 Å². The molecule has 0 bridgehead atoms. The number of ether oxygens (including phenoxy) is 1. The van der Waals surface area contributed by atoms with Gasteiger partial charge in [0.15, 0.2) is 9.84 Å². The topological polar surface area (TPSA) is 97.8 Å². The zero-order valence-corrected chi connectivity index (χ0v) is 15.7. The van der Waals surface area contributed by atoms with E-state index >= 15 is 0 Å². The molecule has 0 atom stereocenters. The van der Waals surface area contributed by atoms with E-state index in [-0.39, 0.29) is 28.6 Å². The number of esters is 1. The number of sulfone groups is 1. The number of benzene rings is 2. The smallest absolute Gasteiger partial charge is 0.338 e. The van der Waals surface area contributed by atoms with Gasteiger partial charge in [-0.2, -0.15) is 0 Å². The molecule has 1 aliphatic rings. The Morgan fingerprint density at radius 2 is 1.67 bits per heavy atom. The molecule has 0 saturated heterocycles. The van der Waals surface area contributed by atoms with E-state index in [0.717, 1.165) is 17.2 Å². The highest BCUT2D eigenvalue weighted by Gasteiger charge is 2.34. The maximum absolute atomic E-state index is 12.2. The van der Waals surface area contributed by atoms with Gasteiger partial charge in [0, 0.05) is 6.26 Å². The van der Waals surface area contributed by atoms with Crippen LogP contribution in [0.15, 0.2) is 47.4 Å². The van der Waals surface area contributed by atoms with Crippen LogP contribution in [0, 0.1) is 0 Å². The Kier molecular flexibility index (Phi) is 5.03. The molecule has 140 valence electrons. The fraction of sp³-hybridized carbons (Fsp3) is 0.167. The zero-order valence-electron chi connectivity index (χ0n) is 14.1. The normalized spacial score (nSPS) is 13.6. The van der Waals surface area contributed by atoms with Crippen LogP contribution in [-0.2, 0) is 14.6 Å². The van der Waals surface area contributed by atoms with Crippen LogP contribution in [0.25, 0.3) is 0 Å². The molecular weight excluding hydrogens is 394 g/mol. The third-order valence-corrected chi connectivity index (χ3v) is 5.57. The molecule has 0 unspecified atom stereocenters. The molecule has 0 saturated carbocycles. The van der Waals surface area contributed by atoms with E-state index in [0.29, 0.717) is 11.1 Å². The summed E-state index contributed by atoms with van der Waals surface area (Å²) < 4.78 is 28.4. The SMILES string of the molecule is CS(=O)(=O)c1cc(C(=O)OCCN2C(=O)c3ccccc3C2=O)ccc1Cl. The van der Waals surface area contributed by atoms with Crippen LogP contribution in [0.3, 0.4) is 0 Å². The third kappa shape index (κ3) is 3.72. The Morgan fingerprint density at radius 3 is 2.22 bits per heavy atom. The molecule has 9 heteroatoms. The van der Waals surface area contributed by atoms with Crippen molar-refractivity contribution in [2.24, 2.45) is 0 Å². The van der Waals surface area contributed by atoms with Gasteiger partial charge in [-0.05, 0) is 30.3 Å². The minimum atomic E-state index is -3.61. The summed E-state index contributed by atoms with van der Waals surface area (Å²) >= 11 is 5.84. The highest BCUT2D eigenvalue weighted by molar-refractivity contribution is 7.90. The number of hydrogen-bond acceptors (Lipinski definition) is 6. The standard InChI is InChI=1S/C18H14ClNO6S/c1-27(24,25)15-10-11(6-7-14(15)19)18(23)26-9-8-20-16(21)12-4-2-3-5-13(12)17(20)22/h2-7,10H,8-9H2,1H3. The van der Waals surface area contributed by atoms with Crippen molar-refractivity contribution in [3.05, 3.63) is 64.2 Å². The minimum absolute atomic E-state index is 0.0000690. The predicted molar refractivity (Wildman–Crippen MR) is 96.7 cm³/mol. The van der Waals surface area contributed by atoms with Crippen LogP contribution in [0.4, 0.5) is 0 Å². The monoisotopic (exact) mass is 407 g/mol. The molecule has 2 aromatic rings. The Hall–Kier alpha value is -2.71. The average molecular weight is 408 g/mol. The molecule has 0 spiro atoms. The second-order valence-electron chi connectivity index (χ2n) is 5.86. The van der Waals surface area contributed by atoms with Gasteiger partial charge < -0.3 is 4.74 Å². The number of carbonyl (C=O) groups is 3. The van der Waals surface area contributed by atoms with E-state index in [4.69, 9.17) is 16.3 Å². The second kappa shape index (κ2) is 7.13. The maximum Gasteiger partial charge on any atom is 0.338 e. The second-order valence-corrected chi connectivity index (χ2v) is 8.25. The van der Waals surface area contributed by atoms with Crippen molar-refractivity contribution in [1.82, 2.24) is 4.90 Å². The molecule has 2 aromatic carbocycles. The molecule has 0 aromatic heterocycles. The Labute approximate surface area is 160 Å². The molecule has 3 rings (SSSR count). The number of carbonyl (C=O) groups excluding carboxylic acids is 3. The van der Waals surface area contributed by atoms with Gasteiger partial charge in [0.05, 0.1) is 33.2 Å². The first-order valence-corrected chi connectivity index (χ1v) is 10.1. The fourth-order valence-electron chi connectivity index (χ4n) is 2.67. The van der Waals surface area contributed by atoms with E-state index in [2.05, 4.69) is 0 Å². The highest BCUT2D eigenvalue weighted by atomic mass is 35.5. The zero-order chi connectivity index (χ0) is 19.8. The number of nitrogens with zero attached hydrogens (tertiary/aromatic N) is 1. The van der Waals surface area contributed by atoms with E-state index in [1.54, 1.807) is 24.3 Å². The van der Waals surface area contributed by atoms with Crippen molar-refractivity contribution in [1.29, 1.82) is 0 Å². The minimum Gasteiger partial charge on any atom is -0.460 e. The average Bonchev–Trinajstić information content (AvgIpc) is 2.86.